The molecule has 8 nitrogen and oxygen atoms in total. The molecule has 1 saturated heterocycles. The molecule has 3 atom stereocenters. The summed E-state index contributed by atoms with van der Waals surface area (Å²) in [5, 5.41) is 10.5. The van der Waals surface area contributed by atoms with Crippen LogP contribution in [-0.4, -0.2) is 46.8 Å². The number of hydrogen-bond donors (Lipinski definition) is 2. The molecule has 0 radical (unpaired) electrons. The van der Waals surface area contributed by atoms with Gasteiger partial charge in [-0.3, -0.25) is 9.59 Å². The number of aromatic amines is 1. The number of anilines is 1. The van der Waals surface area contributed by atoms with E-state index >= 15 is 0 Å². The summed E-state index contributed by atoms with van der Waals surface area (Å²) < 4.78 is 10.7. The molecule has 2 amide bonds. The maximum atomic E-state index is 13.8. The molecule has 2 aliphatic heterocycles. The Balaban J connectivity index is 1.56. The summed E-state index contributed by atoms with van der Waals surface area (Å²) in [7, 11) is 1.46. The highest BCUT2D eigenvalue weighted by molar-refractivity contribution is 8.01. The Bertz CT molecular complexity index is 1400. The molecule has 35 heavy (non-hydrogen) atoms. The third kappa shape index (κ3) is 3.93. The van der Waals surface area contributed by atoms with E-state index < -0.39 is 23.1 Å². The van der Waals surface area contributed by atoms with Crippen molar-refractivity contribution in [2.75, 3.05) is 18.6 Å². The van der Waals surface area contributed by atoms with Crippen LogP contribution in [0.4, 0.5) is 5.69 Å². The van der Waals surface area contributed by atoms with Gasteiger partial charge in [0.05, 0.1) is 35.9 Å². The molecule has 3 aromatic rings. The molecule has 0 unspecified atom stereocenters. The van der Waals surface area contributed by atoms with Crippen LogP contribution in [0.3, 0.4) is 0 Å². The van der Waals surface area contributed by atoms with E-state index in [0.717, 1.165) is 9.90 Å². The van der Waals surface area contributed by atoms with Crippen molar-refractivity contribution in [1.82, 2.24) is 4.98 Å². The zero-order chi connectivity index (χ0) is 24.9. The molecular formula is C24H20N2O6S3. The predicted molar refractivity (Wildman–Crippen MR) is 134 cm³/mol. The third-order valence-corrected chi connectivity index (χ3v) is 8.78. The standard InChI is InChI=1S/C24H20N2O6S3/c1-3-32-23(30)11-4-7-13(8-5-11)26-21(28)17-16(12-6-9-15(31-2)14(27)10-12)18-20(25-24(33)35-18)34-19(17)22(26)29/h4-10,16-17,19,27H,3H2,1-2H3,(H,25,33)/t16-,17-,19+/m1/s1. The van der Waals surface area contributed by atoms with E-state index in [1.165, 1.54) is 47.2 Å². The highest BCUT2D eigenvalue weighted by atomic mass is 32.2. The third-order valence-electron chi connectivity index (χ3n) is 6.02. The molecule has 1 fully saturated rings. The maximum absolute atomic E-state index is 13.8. The summed E-state index contributed by atoms with van der Waals surface area (Å²) in [4.78, 5) is 44.5. The number of benzene rings is 2. The Kier molecular flexibility index (Phi) is 6.16. The molecule has 0 bridgehead atoms. The fraction of sp³-hybridized carbons (Fsp3) is 0.250. The number of phenolic OH excluding ortho intramolecular Hbond substituents is 1. The largest absolute Gasteiger partial charge is 0.504 e. The number of rotatable bonds is 5. The molecule has 0 spiro atoms. The average molecular weight is 529 g/mol. The Morgan fingerprint density at radius 1 is 1.17 bits per heavy atom. The number of amides is 2. The van der Waals surface area contributed by atoms with Crippen molar-refractivity contribution >= 4 is 58.8 Å². The average Bonchev–Trinajstić information content (AvgIpc) is 3.33. The zero-order valence-electron chi connectivity index (χ0n) is 18.6. The van der Waals surface area contributed by atoms with Crippen molar-refractivity contribution in [2.24, 2.45) is 5.92 Å². The van der Waals surface area contributed by atoms with E-state index in [9.17, 15) is 19.5 Å². The first kappa shape index (κ1) is 23.6. The number of thiazole rings is 1. The minimum atomic E-state index is -0.695. The number of methoxy groups -OCH3 is 1. The number of carbonyl (C=O) groups excluding carboxylic acids is 3. The van der Waals surface area contributed by atoms with Crippen LogP contribution in [0.15, 0.2) is 47.5 Å². The first-order chi connectivity index (χ1) is 16.8. The SMILES string of the molecule is CCOC(=O)c1ccc(N2C(=O)[C@@H]3[C@@H](c4ccc(OC)c(O)c4)c4sc(=S)[nH]c4S[C@@H]3C2=O)cc1. The Hall–Kier alpha value is -3.15. The summed E-state index contributed by atoms with van der Waals surface area (Å²) in [5.74, 6) is -2.07. The van der Waals surface area contributed by atoms with Crippen LogP contribution in [0, 0.1) is 9.87 Å². The Labute approximate surface area is 213 Å². The van der Waals surface area contributed by atoms with Gasteiger partial charge >= 0.3 is 5.97 Å². The zero-order valence-corrected chi connectivity index (χ0v) is 21.1. The normalized spacial score (nSPS) is 21.0. The molecule has 2 N–H and O–H groups in total. The number of carbonyl (C=O) groups is 3. The quantitative estimate of drug-likeness (QED) is 0.283. The molecule has 2 aromatic carbocycles. The van der Waals surface area contributed by atoms with Gasteiger partial charge in [-0.1, -0.05) is 17.8 Å². The first-order valence-corrected chi connectivity index (χ1v) is 12.9. The van der Waals surface area contributed by atoms with Gasteiger partial charge in [0.1, 0.15) is 5.25 Å². The lowest BCUT2D eigenvalue weighted by atomic mass is 9.83. The number of fused-ring (bicyclic) bond motifs is 2. The number of thioether (sulfide) groups is 1. The van der Waals surface area contributed by atoms with E-state index in [-0.39, 0.29) is 24.2 Å². The number of nitrogens with zero attached hydrogens (tertiary/aromatic N) is 1. The highest BCUT2D eigenvalue weighted by Gasteiger charge is 2.56. The van der Waals surface area contributed by atoms with Gasteiger partial charge in [0.25, 0.3) is 0 Å². The molecule has 0 aliphatic carbocycles. The van der Waals surface area contributed by atoms with Gasteiger partial charge in [-0.15, -0.1) is 11.3 Å². The number of hydrogen-bond acceptors (Lipinski definition) is 9. The Morgan fingerprint density at radius 2 is 1.91 bits per heavy atom. The second-order valence-corrected chi connectivity index (χ2v) is 10.8. The van der Waals surface area contributed by atoms with Crippen LogP contribution in [0.5, 0.6) is 11.5 Å². The number of esters is 1. The number of nitrogens with one attached hydrogen (secondary N) is 1. The summed E-state index contributed by atoms with van der Waals surface area (Å²) in [5.41, 5.74) is 1.41. The summed E-state index contributed by atoms with van der Waals surface area (Å²) in [6.45, 7) is 1.97. The van der Waals surface area contributed by atoms with Gasteiger partial charge in [-0.05, 0) is 61.1 Å². The molecule has 180 valence electrons. The minimum Gasteiger partial charge on any atom is -0.504 e. The lowest BCUT2D eigenvalue weighted by Gasteiger charge is -2.30. The van der Waals surface area contributed by atoms with E-state index in [1.54, 1.807) is 37.3 Å². The van der Waals surface area contributed by atoms with Crippen LogP contribution in [0.1, 0.15) is 33.6 Å². The molecule has 0 saturated carbocycles. The van der Waals surface area contributed by atoms with Gasteiger partial charge in [-0.2, -0.15) is 0 Å². The van der Waals surface area contributed by atoms with Crippen molar-refractivity contribution in [1.29, 1.82) is 0 Å². The second kappa shape index (κ2) is 9.14. The molecule has 5 rings (SSSR count). The Morgan fingerprint density at radius 3 is 2.57 bits per heavy atom. The number of H-pyrrole nitrogens is 1. The predicted octanol–water partition coefficient (Wildman–Crippen LogP) is 4.49. The van der Waals surface area contributed by atoms with Gasteiger partial charge < -0.3 is 19.6 Å². The number of aromatic hydroxyl groups is 1. The topological polar surface area (TPSA) is 109 Å². The molecular weight excluding hydrogens is 508 g/mol. The van der Waals surface area contributed by atoms with Crippen LogP contribution in [-0.2, 0) is 14.3 Å². The second-order valence-electron chi connectivity index (χ2n) is 7.96. The smallest absolute Gasteiger partial charge is 0.338 e. The van der Waals surface area contributed by atoms with Crippen molar-refractivity contribution in [2.45, 2.75) is 23.1 Å². The van der Waals surface area contributed by atoms with Crippen LogP contribution in [0.25, 0.3) is 0 Å². The van der Waals surface area contributed by atoms with Crippen LogP contribution >= 0.6 is 35.3 Å². The molecule has 3 heterocycles. The van der Waals surface area contributed by atoms with Gasteiger partial charge in [0.2, 0.25) is 11.8 Å². The summed E-state index contributed by atoms with van der Waals surface area (Å²) >= 11 is 8.01. The van der Waals surface area contributed by atoms with E-state index in [0.29, 0.717) is 26.5 Å². The van der Waals surface area contributed by atoms with Crippen molar-refractivity contribution in [3.05, 3.63) is 62.4 Å². The lowest BCUT2D eigenvalue weighted by Crippen LogP contribution is -2.32. The van der Waals surface area contributed by atoms with E-state index in [2.05, 4.69) is 4.98 Å². The lowest BCUT2D eigenvalue weighted by molar-refractivity contribution is -0.122. The molecule has 2 aliphatic rings. The van der Waals surface area contributed by atoms with Gasteiger partial charge in [0.15, 0.2) is 15.5 Å². The van der Waals surface area contributed by atoms with E-state index in [4.69, 9.17) is 21.7 Å². The minimum absolute atomic E-state index is 0.0522. The number of aromatic nitrogens is 1. The fourth-order valence-corrected chi connectivity index (χ4v) is 7.45. The van der Waals surface area contributed by atoms with Crippen molar-refractivity contribution in [3.63, 3.8) is 0 Å². The van der Waals surface area contributed by atoms with Crippen molar-refractivity contribution in [3.8, 4) is 11.5 Å². The number of phenols is 1. The number of imide groups is 1. The summed E-state index contributed by atoms with van der Waals surface area (Å²) in [6, 6.07) is 11.2. The molecule has 11 heteroatoms. The fourth-order valence-electron chi connectivity index (χ4n) is 4.49. The maximum Gasteiger partial charge on any atom is 0.338 e. The van der Waals surface area contributed by atoms with Crippen molar-refractivity contribution < 1.29 is 29.0 Å². The molecule has 1 aromatic heterocycles. The van der Waals surface area contributed by atoms with Crippen LogP contribution in [0.2, 0.25) is 0 Å². The number of ether oxygens (including phenoxy) is 2. The van der Waals surface area contributed by atoms with Crippen LogP contribution < -0.4 is 9.64 Å². The monoisotopic (exact) mass is 528 g/mol. The summed E-state index contributed by atoms with van der Waals surface area (Å²) in [6.07, 6.45) is 0. The van der Waals surface area contributed by atoms with Gasteiger partial charge in [0, 0.05) is 10.8 Å². The van der Waals surface area contributed by atoms with E-state index in [1.807, 2.05) is 0 Å². The van der Waals surface area contributed by atoms with Gasteiger partial charge in [-0.25, -0.2) is 9.69 Å². The highest BCUT2D eigenvalue weighted by Crippen LogP contribution is 2.54. The first-order valence-electron chi connectivity index (χ1n) is 10.8.